The normalized spacial score (nSPS) is 12.7. The highest BCUT2D eigenvalue weighted by atomic mass is 16.5. The van der Waals surface area contributed by atoms with E-state index in [-0.39, 0.29) is 18.5 Å². The molecule has 0 aromatic carbocycles. The van der Waals surface area contributed by atoms with Crippen LogP contribution in [0.4, 0.5) is 0 Å². The summed E-state index contributed by atoms with van der Waals surface area (Å²) < 4.78 is 15.2. The topological polar surface area (TPSA) is 68.9 Å². The van der Waals surface area contributed by atoms with Crippen LogP contribution in [0.25, 0.3) is 0 Å². The molecule has 1 N–H and O–H groups in total. The summed E-state index contributed by atoms with van der Waals surface area (Å²) in [6, 6.07) is 2.99. The molecule has 5 nitrogen and oxygen atoms in total. The molecule has 1 aromatic rings. The number of carboxylic acids is 1. The van der Waals surface area contributed by atoms with Gasteiger partial charge in [0.25, 0.3) is 0 Å². The molecule has 5 heteroatoms. The van der Waals surface area contributed by atoms with Crippen LogP contribution in [0.1, 0.15) is 23.2 Å². The van der Waals surface area contributed by atoms with Gasteiger partial charge in [-0.3, -0.25) is 0 Å². The van der Waals surface area contributed by atoms with Gasteiger partial charge >= 0.3 is 5.97 Å². The number of hydrogen-bond acceptors (Lipinski definition) is 4. The SMILES string of the molecule is COCC(C)OCc1ccc(C(=O)O)o1. The third-order valence-electron chi connectivity index (χ3n) is 1.78. The fourth-order valence-electron chi connectivity index (χ4n) is 1.08. The Kier molecular flexibility index (Phi) is 4.33. The zero-order valence-corrected chi connectivity index (χ0v) is 8.73. The standard InChI is InChI=1S/C10H14O5/c1-7(5-13-2)14-6-8-3-4-9(15-8)10(11)12/h3-4,7H,5-6H2,1-2H3,(H,11,12). The van der Waals surface area contributed by atoms with Crippen molar-refractivity contribution in [1.82, 2.24) is 0 Å². The van der Waals surface area contributed by atoms with Gasteiger partial charge in [-0.15, -0.1) is 0 Å². The van der Waals surface area contributed by atoms with Crippen LogP contribution < -0.4 is 0 Å². The van der Waals surface area contributed by atoms with E-state index in [2.05, 4.69) is 0 Å². The van der Waals surface area contributed by atoms with Crippen LogP contribution in [0.3, 0.4) is 0 Å². The number of hydrogen-bond donors (Lipinski definition) is 1. The fraction of sp³-hybridized carbons (Fsp3) is 0.500. The van der Waals surface area contributed by atoms with Gasteiger partial charge in [0, 0.05) is 7.11 Å². The van der Waals surface area contributed by atoms with Gasteiger partial charge in [-0.2, -0.15) is 0 Å². The molecule has 0 amide bonds. The summed E-state index contributed by atoms with van der Waals surface area (Å²) in [5, 5.41) is 8.61. The highest BCUT2D eigenvalue weighted by molar-refractivity contribution is 5.84. The quantitative estimate of drug-likeness (QED) is 0.777. The Balaban J connectivity index is 2.40. The molecule has 1 unspecified atom stereocenters. The van der Waals surface area contributed by atoms with Crippen molar-refractivity contribution in [3.63, 3.8) is 0 Å². The summed E-state index contributed by atoms with van der Waals surface area (Å²) in [4.78, 5) is 10.5. The molecule has 1 rings (SSSR count). The Labute approximate surface area is 87.6 Å². The minimum atomic E-state index is -1.08. The van der Waals surface area contributed by atoms with Crippen molar-refractivity contribution in [3.8, 4) is 0 Å². The van der Waals surface area contributed by atoms with E-state index < -0.39 is 5.97 Å². The van der Waals surface area contributed by atoms with E-state index in [1.807, 2.05) is 6.92 Å². The van der Waals surface area contributed by atoms with Gasteiger partial charge in [0.2, 0.25) is 5.76 Å². The van der Waals surface area contributed by atoms with Crippen molar-refractivity contribution in [2.24, 2.45) is 0 Å². The number of methoxy groups -OCH3 is 1. The van der Waals surface area contributed by atoms with E-state index in [4.69, 9.17) is 19.0 Å². The van der Waals surface area contributed by atoms with Gasteiger partial charge in [-0.25, -0.2) is 4.79 Å². The average molecular weight is 214 g/mol. The highest BCUT2D eigenvalue weighted by Crippen LogP contribution is 2.10. The zero-order valence-electron chi connectivity index (χ0n) is 8.73. The Hall–Kier alpha value is -1.33. The maximum absolute atomic E-state index is 10.5. The van der Waals surface area contributed by atoms with Gasteiger partial charge in [-0.05, 0) is 19.1 Å². The zero-order chi connectivity index (χ0) is 11.3. The largest absolute Gasteiger partial charge is 0.475 e. The van der Waals surface area contributed by atoms with Crippen molar-refractivity contribution >= 4 is 5.97 Å². The monoisotopic (exact) mass is 214 g/mol. The molecule has 15 heavy (non-hydrogen) atoms. The molecule has 0 aliphatic rings. The number of rotatable bonds is 6. The number of ether oxygens (including phenoxy) is 2. The summed E-state index contributed by atoms with van der Waals surface area (Å²) in [6.07, 6.45) is -0.0478. The molecular formula is C10H14O5. The van der Waals surface area contributed by atoms with Crippen LogP contribution in [0.2, 0.25) is 0 Å². The smallest absolute Gasteiger partial charge is 0.371 e. The molecule has 0 bridgehead atoms. The fourth-order valence-corrected chi connectivity index (χ4v) is 1.08. The van der Waals surface area contributed by atoms with Crippen LogP contribution in [0.5, 0.6) is 0 Å². The number of aromatic carboxylic acids is 1. The van der Waals surface area contributed by atoms with Crippen molar-refractivity contribution in [3.05, 3.63) is 23.7 Å². The molecule has 0 radical (unpaired) electrons. The van der Waals surface area contributed by atoms with Crippen LogP contribution >= 0.6 is 0 Å². The molecular weight excluding hydrogens is 200 g/mol. The van der Waals surface area contributed by atoms with E-state index in [1.165, 1.54) is 6.07 Å². The minimum Gasteiger partial charge on any atom is -0.475 e. The predicted molar refractivity (Wildman–Crippen MR) is 51.8 cm³/mol. The lowest BCUT2D eigenvalue weighted by Crippen LogP contribution is -2.14. The van der Waals surface area contributed by atoms with E-state index in [9.17, 15) is 4.79 Å². The molecule has 0 saturated carbocycles. The van der Waals surface area contributed by atoms with Crippen LogP contribution in [-0.2, 0) is 16.1 Å². The lowest BCUT2D eigenvalue weighted by molar-refractivity contribution is -0.00673. The molecule has 1 heterocycles. The summed E-state index contributed by atoms with van der Waals surface area (Å²) in [5.41, 5.74) is 0. The Morgan fingerprint density at radius 2 is 2.33 bits per heavy atom. The van der Waals surface area contributed by atoms with Gasteiger partial charge < -0.3 is 19.0 Å². The second-order valence-corrected chi connectivity index (χ2v) is 3.15. The predicted octanol–water partition coefficient (Wildman–Crippen LogP) is 1.53. The van der Waals surface area contributed by atoms with Crippen molar-refractivity contribution < 1.29 is 23.8 Å². The third kappa shape index (κ3) is 3.73. The lowest BCUT2D eigenvalue weighted by atomic mass is 10.4. The average Bonchev–Trinajstić information content (AvgIpc) is 2.63. The number of furan rings is 1. The number of carbonyl (C=O) groups is 1. The molecule has 0 spiro atoms. The molecule has 0 aliphatic heterocycles. The van der Waals surface area contributed by atoms with Gasteiger partial charge in [0.05, 0.1) is 12.7 Å². The molecule has 0 saturated heterocycles. The van der Waals surface area contributed by atoms with E-state index in [0.29, 0.717) is 12.4 Å². The van der Waals surface area contributed by atoms with E-state index in [1.54, 1.807) is 13.2 Å². The second kappa shape index (κ2) is 5.53. The maximum Gasteiger partial charge on any atom is 0.371 e. The van der Waals surface area contributed by atoms with Crippen LogP contribution in [-0.4, -0.2) is 30.9 Å². The lowest BCUT2D eigenvalue weighted by Gasteiger charge is -2.09. The van der Waals surface area contributed by atoms with Crippen LogP contribution in [0, 0.1) is 0 Å². The summed E-state index contributed by atoms with van der Waals surface area (Å²) in [7, 11) is 1.59. The minimum absolute atomic E-state index is 0.0478. The summed E-state index contributed by atoms with van der Waals surface area (Å²) in [6.45, 7) is 2.61. The van der Waals surface area contributed by atoms with Crippen LogP contribution in [0.15, 0.2) is 16.5 Å². The first-order chi connectivity index (χ1) is 7.13. The summed E-state index contributed by atoms with van der Waals surface area (Å²) >= 11 is 0. The maximum atomic E-state index is 10.5. The molecule has 1 aromatic heterocycles. The molecule has 84 valence electrons. The number of carboxylic acid groups (broad SMARTS) is 1. The van der Waals surface area contributed by atoms with E-state index >= 15 is 0 Å². The Morgan fingerprint density at radius 1 is 1.60 bits per heavy atom. The Morgan fingerprint density at radius 3 is 2.87 bits per heavy atom. The first kappa shape index (κ1) is 11.7. The molecule has 0 fully saturated rings. The second-order valence-electron chi connectivity index (χ2n) is 3.15. The van der Waals surface area contributed by atoms with Crippen molar-refractivity contribution in [2.75, 3.05) is 13.7 Å². The third-order valence-corrected chi connectivity index (χ3v) is 1.78. The van der Waals surface area contributed by atoms with Crippen molar-refractivity contribution in [1.29, 1.82) is 0 Å². The van der Waals surface area contributed by atoms with Gasteiger partial charge in [0.15, 0.2) is 0 Å². The van der Waals surface area contributed by atoms with Crippen molar-refractivity contribution in [2.45, 2.75) is 19.6 Å². The first-order valence-corrected chi connectivity index (χ1v) is 4.56. The first-order valence-electron chi connectivity index (χ1n) is 4.56. The molecule has 0 aliphatic carbocycles. The highest BCUT2D eigenvalue weighted by Gasteiger charge is 2.09. The van der Waals surface area contributed by atoms with E-state index in [0.717, 1.165) is 0 Å². The summed E-state index contributed by atoms with van der Waals surface area (Å²) in [5.74, 6) is -0.658. The van der Waals surface area contributed by atoms with Gasteiger partial charge in [0.1, 0.15) is 12.4 Å². The van der Waals surface area contributed by atoms with Gasteiger partial charge in [-0.1, -0.05) is 0 Å². The molecule has 1 atom stereocenters. The Bertz CT molecular complexity index is 317.